The van der Waals surface area contributed by atoms with Crippen molar-refractivity contribution < 1.29 is 19.1 Å². The highest BCUT2D eigenvalue weighted by Gasteiger charge is 2.36. The summed E-state index contributed by atoms with van der Waals surface area (Å²) in [5, 5.41) is 0. The highest BCUT2D eigenvalue weighted by Crippen LogP contribution is 2.18. The zero-order chi connectivity index (χ0) is 13.0. The van der Waals surface area contributed by atoms with Crippen LogP contribution in [-0.4, -0.2) is 23.1 Å². The van der Waals surface area contributed by atoms with E-state index in [1.165, 1.54) is 13.8 Å². The maximum Gasteiger partial charge on any atom is 0.350 e. The molecule has 0 aliphatic carbocycles. The molecule has 0 atom stereocenters. The maximum absolute atomic E-state index is 11.7. The molecule has 0 aliphatic heterocycles. The average Bonchev–Trinajstić information content (AvgIpc) is 1.99. The summed E-state index contributed by atoms with van der Waals surface area (Å²) in [6.45, 7) is 10.3. The van der Waals surface area contributed by atoms with Gasteiger partial charge in [0.1, 0.15) is 5.60 Å². The second-order valence-corrected chi connectivity index (χ2v) is 5.24. The van der Waals surface area contributed by atoms with Crippen molar-refractivity contribution in [1.82, 2.24) is 0 Å². The fraction of sp³-hybridized carbons (Fsp3) is 0.833. The van der Waals surface area contributed by atoms with Crippen molar-refractivity contribution in [1.29, 1.82) is 0 Å². The third-order valence-electron chi connectivity index (χ3n) is 1.71. The minimum absolute atomic E-state index is 0.312. The van der Waals surface area contributed by atoms with Crippen LogP contribution in [0.5, 0.6) is 0 Å². The van der Waals surface area contributed by atoms with Crippen molar-refractivity contribution in [2.24, 2.45) is 0 Å². The third-order valence-corrected chi connectivity index (χ3v) is 1.71. The van der Waals surface area contributed by atoms with Crippen molar-refractivity contribution in [3.63, 3.8) is 0 Å². The van der Waals surface area contributed by atoms with Gasteiger partial charge < -0.3 is 9.47 Å². The molecule has 0 aromatic heterocycles. The molecule has 0 heterocycles. The lowest BCUT2D eigenvalue weighted by Crippen LogP contribution is -2.42. The van der Waals surface area contributed by atoms with Crippen LogP contribution in [-0.2, 0) is 19.1 Å². The Bertz CT molecular complexity index is 261. The molecular weight excluding hydrogens is 208 g/mol. The smallest absolute Gasteiger partial charge is 0.350 e. The fourth-order valence-electron chi connectivity index (χ4n) is 0.982. The van der Waals surface area contributed by atoms with Gasteiger partial charge in [0.25, 0.3) is 0 Å². The number of carbonyl (C=O) groups excluding carboxylic acids is 2. The monoisotopic (exact) mass is 230 g/mol. The van der Waals surface area contributed by atoms with Gasteiger partial charge >= 0.3 is 11.9 Å². The largest absolute Gasteiger partial charge is 0.457 e. The van der Waals surface area contributed by atoms with Crippen LogP contribution in [0.15, 0.2) is 0 Å². The molecule has 0 saturated carbocycles. The third kappa shape index (κ3) is 5.73. The Morgan fingerprint density at radius 1 is 1.00 bits per heavy atom. The molecule has 0 N–H and O–H groups in total. The quantitative estimate of drug-likeness (QED) is 0.696. The number of hydrogen-bond donors (Lipinski definition) is 0. The van der Waals surface area contributed by atoms with Crippen molar-refractivity contribution in [3.8, 4) is 0 Å². The predicted molar refractivity (Wildman–Crippen MR) is 60.9 cm³/mol. The summed E-state index contributed by atoms with van der Waals surface area (Å²) in [6, 6.07) is 0. The minimum Gasteiger partial charge on any atom is -0.457 e. The second-order valence-electron chi connectivity index (χ2n) is 5.24. The van der Waals surface area contributed by atoms with Crippen molar-refractivity contribution in [3.05, 3.63) is 0 Å². The zero-order valence-electron chi connectivity index (χ0n) is 11.0. The molecule has 0 unspecified atom stereocenters. The first-order chi connectivity index (χ1) is 7.08. The van der Waals surface area contributed by atoms with E-state index in [9.17, 15) is 9.59 Å². The minimum atomic E-state index is -1.22. The molecule has 0 spiro atoms. The van der Waals surface area contributed by atoms with E-state index in [1.807, 2.05) is 6.92 Å². The van der Waals surface area contributed by atoms with Crippen LogP contribution < -0.4 is 0 Å². The summed E-state index contributed by atoms with van der Waals surface area (Å²) in [5.74, 6) is -0.900. The Kier molecular flexibility index (Phi) is 4.97. The first-order valence-corrected chi connectivity index (χ1v) is 5.54. The number of ether oxygens (including phenoxy) is 2. The number of carbonyl (C=O) groups is 2. The Hall–Kier alpha value is -1.06. The topological polar surface area (TPSA) is 52.6 Å². The first-order valence-electron chi connectivity index (χ1n) is 5.54. The van der Waals surface area contributed by atoms with E-state index in [2.05, 4.69) is 0 Å². The summed E-state index contributed by atoms with van der Waals surface area (Å²) < 4.78 is 10.2. The SMILES string of the molecule is CCCC(=O)OC(C)(C)C(=O)OC(C)(C)C. The zero-order valence-corrected chi connectivity index (χ0v) is 11.0. The van der Waals surface area contributed by atoms with Gasteiger partial charge in [-0.2, -0.15) is 0 Å². The fourth-order valence-corrected chi connectivity index (χ4v) is 0.982. The Morgan fingerprint density at radius 2 is 1.50 bits per heavy atom. The molecule has 0 bridgehead atoms. The van der Waals surface area contributed by atoms with Gasteiger partial charge in [-0.3, -0.25) is 4.79 Å². The van der Waals surface area contributed by atoms with E-state index in [0.29, 0.717) is 12.8 Å². The highest BCUT2D eigenvalue weighted by molar-refractivity contribution is 5.82. The maximum atomic E-state index is 11.7. The van der Waals surface area contributed by atoms with Crippen LogP contribution in [0.4, 0.5) is 0 Å². The summed E-state index contributed by atoms with van der Waals surface area (Å²) in [6.07, 6.45) is 1.01. The molecule has 0 aromatic rings. The van der Waals surface area contributed by atoms with Gasteiger partial charge in [0.15, 0.2) is 0 Å². The molecule has 0 fully saturated rings. The molecule has 0 saturated heterocycles. The Labute approximate surface area is 97.3 Å². The van der Waals surface area contributed by atoms with Gasteiger partial charge in [0.05, 0.1) is 0 Å². The van der Waals surface area contributed by atoms with E-state index in [4.69, 9.17) is 9.47 Å². The molecule has 0 amide bonds. The lowest BCUT2D eigenvalue weighted by molar-refractivity contribution is -0.186. The van der Waals surface area contributed by atoms with Gasteiger partial charge in [-0.15, -0.1) is 0 Å². The van der Waals surface area contributed by atoms with E-state index >= 15 is 0 Å². The second kappa shape index (κ2) is 5.32. The summed E-state index contributed by atoms with van der Waals surface area (Å²) in [4.78, 5) is 23.0. The van der Waals surface area contributed by atoms with Gasteiger partial charge in [-0.05, 0) is 41.0 Å². The summed E-state index contributed by atoms with van der Waals surface area (Å²) >= 11 is 0. The molecule has 4 nitrogen and oxygen atoms in total. The van der Waals surface area contributed by atoms with E-state index in [-0.39, 0.29) is 5.97 Å². The van der Waals surface area contributed by atoms with Crippen LogP contribution in [0.3, 0.4) is 0 Å². The molecule has 0 aromatic carbocycles. The van der Waals surface area contributed by atoms with Gasteiger partial charge in [-0.1, -0.05) is 6.92 Å². The molecular formula is C12H22O4. The van der Waals surface area contributed by atoms with Crippen LogP contribution in [0.1, 0.15) is 54.4 Å². The van der Waals surface area contributed by atoms with Crippen molar-refractivity contribution in [2.45, 2.75) is 65.6 Å². The lowest BCUT2D eigenvalue weighted by Gasteiger charge is -2.28. The molecule has 0 rings (SSSR count). The Balaban J connectivity index is 4.42. The normalized spacial score (nSPS) is 12.1. The van der Waals surface area contributed by atoms with Crippen LogP contribution in [0, 0.1) is 0 Å². The van der Waals surface area contributed by atoms with Crippen LogP contribution in [0.2, 0.25) is 0 Å². The van der Waals surface area contributed by atoms with E-state index in [1.54, 1.807) is 20.8 Å². The lowest BCUT2D eigenvalue weighted by atomic mass is 10.1. The summed E-state index contributed by atoms with van der Waals surface area (Å²) in [5.41, 5.74) is -1.80. The van der Waals surface area contributed by atoms with Crippen molar-refractivity contribution >= 4 is 11.9 Å². The van der Waals surface area contributed by atoms with Gasteiger partial charge in [0, 0.05) is 6.42 Å². The standard InChI is InChI=1S/C12H22O4/c1-7-8-9(13)15-12(5,6)10(14)16-11(2,3)4/h7-8H2,1-6H3. The number of rotatable bonds is 4. The van der Waals surface area contributed by atoms with Gasteiger partial charge in [-0.25, -0.2) is 4.79 Å². The highest BCUT2D eigenvalue weighted by atomic mass is 16.6. The number of esters is 2. The molecule has 94 valence electrons. The average molecular weight is 230 g/mol. The summed E-state index contributed by atoms with van der Waals surface area (Å²) in [7, 11) is 0. The molecule has 4 heteroatoms. The molecule has 0 radical (unpaired) electrons. The van der Waals surface area contributed by atoms with E-state index in [0.717, 1.165) is 0 Å². The van der Waals surface area contributed by atoms with Crippen LogP contribution in [0.25, 0.3) is 0 Å². The molecule has 16 heavy (non-hydrogen) atoms. The first kappa shape index (κ1) is 14.9. The Morgan fingerprint density at radius 3 is 1.88 bits per heavy atom. The molecule has 0 aliphatic rings. The predicted octanol–water partition coefficient (Wildman–Crippen LogP) is 2.45. The van der Waals surface area contributed by atoms with Gasteiger partial charge in [0.2, 0.25) is 5.60 Å². The van der Waals surface area contributed by atoms with E-state index < -0.39 is 17.2 Å². The number of hydrogen-bond acceptors (Lipinski definition) is 4. The van der Waals surface area contributed by atoms with Crippen molar-refractivity contribution in [2.75, 3.05) is 0 Å². The van der Waals surface area contributed by atoms with Crippen LogP contribution >= 0.6 is 0 Å².